The molecule has 0 saturated carbocycles. The highest BCUT2D eigenvalue weighted by atomic mass is 14.4. The molecule has 0 unspecified atom stereocenters. The molecule has 214 valence electrons. The summed E-state index contributed by atoms with van der Waals surface area (Å²) in [6, 6.07) is 54.7. The van der Waals surface area contributed by atoms with Crippen molar-refractivity contribution in [3.63, 3.8) is 0 Å². The standard InChI is InChI=1S/C45H34/c1-3-45(4-2)42-16-10-9-14-38(42)39-24-23-32(28-43(39)45)31-20-17-29-18-21-33(26-35(29)25-31)41-27-34-22-19-30-11-5-6-12-36(30)44(34)40-15-8-7-13-37(40)41/h5-28H,3-4H2,1-2H3. The third-order valence-electron chi connectivity index (χ3n) is 10.7. The third kappa shape index (κ3) is 3.79. The van der Waals surface area contributed by atoms with Gasteiger partial charge in [-0.05, 0) is 125 Å². The lowest BCUT2D eigenvalue weighted by Crippen LogP contribution is -2.23. The van der Waals surface area contributed by atoms with Crippen LogP contribution >= 0.6 is 0 Å². The lowest BCUT2D eigenvalue weighted by atomic mass is 9.73. The first kappa shape index (κ1) is 26.2. The lowest BCUT2D eigenvalue weighted by Gasteiger charge is -2.30. The molecule has 8 aromatic rings. The van der Waals surface area contributed by atoms with Gasteiger partial charge in [0.25, 0.3) is 0 Å². The summed E-state index contributed by atoms with van der Waals surface area (Å²) < 4.78 is 0. The molecule has 0 saturated heterocycles. The van der Waals surface area contributed by atoms with E-state index in [-0.39, 0.29) is 5.41 Å². The summed E-state index contributed by atoms with van der Waals surface area (Å²) in [6.07, 6.45) is 2.21. The zero-order chi connectivity index (χ0) is 30.1. The minimum absolute atomic E-state index is 0.0778. The van der Waals surface area contributed by atoms with Crippen molar-refractivity contribution in [2.45, 2.75) is 32.1 Å². The van der Waals surface area contributed by atoms with E-state index in [1.54, 1.807) is 0 Å². The van der Waals surface area contributed by atoms with Crippen LogP contribution in [0.15, 0.2) is 146 Å². The quantitative estimate of drug-likeness (QED) is 0.183. The first-order chi connectivity index (χ1) is 22.2. The van der Waals surface area contributed by atoms with E-state index >= 15 is 0 Å². The molecule has 0 bridgehead atoms. The Kier molecular flexibility index (Phi) is 5.77. The smallest absolute Gasteiger partial charge is 0.0210 e. The largest absolute Gasteiger partial charge is 0.0642 e. The predicted octanol–water partition coefficient (Wildman–Crippen LogP) is 12.7. The van der Waals surface area contributed by atoms with Crippen molar-refractivity contribution in [2.24, 2.45) is 0 Å². The maximum absolute atomic E-state index is 2.48. The van der Waals surface area contributed by atoms with Crippen LogP contribution in [-0.4, -0.2) is 0 Å². The number of benzene rings is 8. The van der Waals surface area contributed by atoms with Crippen molar-refractivity contribution in [1.82, 2.24) is 0 Å². The molecule has 8 aromatic carbocycles. The average Bonchev–Trinajstić information content (AvgIpc) is 3.39. The van der Waals surface area contributed by atoms with Crippen LogP contribution in [0.2, 0.25) is 0 Å². The Hall–Kier alpha value is -5.20. The minimum Gasteiger partial charge on any atom is -0.0642 e. The van der Waals surface area contributed by atoms with Crippen molar-refractivity contribution < 1.29 is 0 Å². The number of rotatable bonds is 4. The zero-order valence-electron chi connectivity index (χ0n) is 25.8. The molecule has 0 N–H and O–H groups in total. The van der Waals surface area contributed by atoms with E-state index in [1.165, 1.54) is 87.6 Å². The summed E-state index contributed by atoms with van der Waals surface area (Å²) >= 11 is 0. The predicted molar refractivity (Wildman–Crippen MR) is 194 cm³/mol. The molecule has 9 rings (SSSR count). The van der Waals surface area contributed by atoms with E-state index in [2.05, 4.69) is 159 Å². The molecule has 0 aliphatic heterocycles. The van der Waals surface area contributed by atoms with E-state index in [0.29, 0.717) is 0 Å². The molecule has 0 spiro atoms. The summed E-state index contributed by atoms with van der Waals surface area (Å²) in [6.45, 7) is 4.69. The fourth-order valence-electron chi connectivity index (χ4n) is 8.36. The monoisotopic (exact) mass is 574 g/mol. The fourth-order valence-corrected chi connectivity index (χ4v) is 8.36. The molecular weight excluding hydrogens is 540 g/mol. The van der Waals surface area contributed by atoms with Crippen LogP contribution in [0, 0.1) is 0 Å². The van der Waals surface area contributed by atoms with Crippen LogP contribution in [-0.2, 0) is 5.41 Å². The number of fused-ring (bicyclic) bond motifs is 9. The van der Waals surface area contributed by atoms with Gasteiger partial charge in [0.2, 0.25) is 0 Å². The highest BCUT2D eigenvalue weighted by Crippen LogP contribution is 2.53. The molecule has 0 heterocycles. The second-order valence-electron chi connectivity index (χ2n) is 12.7. The van der Waals surface area contributed by atoms with Gasteiger partial charge in [-0.1, -0.05) is 135 Å². The Morgan fingerprint density at radius 1 is 0.378 bits per heavy atom. The van der Waals surface area contributed by atoms with Crippen LogP contribution in [0.3, 0.4) is 0 Å². The summed E-state index contributed by atoms with van der Waals surface area (Å²) in [4.78, 5) is 0. The van der Waals surface area contributed by atoms with Gasteiger partial charge in [-0.3, -0.25) is 0 Å². The minimum atomic E-state index is 0.0778. The molecule has 0 nitrogen and oxygen atoms in total. The van der Waals surface area contributed by atoms with Gasteiger partial charge < -0.3 is 0 Å². The van der Waals surface area contributed by atoms with Gasteiger partial charge in [-0.2, -0.15) is 0 Å². The molecule has 0 fully saturated rings. The Morgan fingerprint density at radius 3 is 1.82 bits per heavy atom. The van der Waals surface area contributed by atoms with Crippen LogP contribution in [0.4, 0.5) is 0 Å². The lowest BCUT2D eigenvalue weighted by molar-refractivity contribution is 0.490. The molecule has 0 heteroatoms. The highest BCUT2D eigenvalue weighted by molar-refractivity contribution is 6.23. The number of hydrogen-bond acceptors (Lipinski definition) is 0. The second-order valence-corrected chi connectivity index (χ2v) is 12.7. The van der Waals surface area contributed by atoms with Crippen LogP contribution in [0.25, 0.3) is 76.5 Å². The summed E-state index contributed by atoms with van der Waals surface area (Å²) in [5.74, 6) is 0. The van der Waals surface area contributed by atoms with Crippen LogP contribution in [0.1, 0.15) is 37.8 Å². The first-order valence-electron chi connectivity index (χ1n) is 16.3. The van der Waals surface area contributed by atoms with Crippen LogP contribution < -0.4 is 0 Å². The normalized spacial score (nSPS) is 13.5. The van der Waals surface area contributed by atoms with Gasteiger partial charge in [0.05, 0.1) is 0 Å². The van der Waals surface area contributed by atoms with Crippen molar-refractivity contribution in [3.05, 3.63) is 157 Å². The Balaban J connectivity index is 1.20. The van der Waals surface area contributed by atoms with Gasteiger partial charge in [0.15, 0.2) is 0 Å². The van der Waals surface area contributed by atoms with Gasteiger partial charge in [0.1, 0.15) is 0 Å². The molecule has 0 aromatic heterocycles. The maximum atomic E-state index is 2.48. The Morgan fingerprint density at radius 2 is 0.978 bits per heavy atom. The van der Waals surface area contributed by atoms with Crippen molar-refractivity contribution in [1.29, 1.82) is 0 Å². The van der Waals surface area contributed by atoms with E-state index in [0.717, 1.165) is 12.8 Å². The average molecular weight is 575 g/mol. The Bertz CT molecular complexity index is 2450. The van der Waals surface area contributed by atoms with Gasteiger partial charge >= 0.3 is 0 Å². The van der Waals surface area contributed by atoms with Crippen LogP contribution in [0.5, 0.6) is 0 Å². The van der Waals surface area contributed by atoms with Crippen molar-refractivity contribution in [2.75, 3.05) is 0 Å². The first-order valence-corrected chi connectivity index (χ1v) is 16.3. The molecule has 1 aliphatic rings. The maximum Gasteiger partial charge on any atom is 0.0210 e. The zero-order valence-corrected chi connectivity index (χ0v) is 25.8. The van der Waals surface area contributed by atoms with Gasteiger partial charge in [-0.15, -0.1) is 0 Å². The molecule has 0 amide bonds. The van der Waals surface area contributed by atoms with E-state index in [4.69, 9.17) is 0 Å². The SMILES string of the molecule is CCC1(CC)c2ccccc2-c2ccc(-c3ccc4ccc(-c5cc6ccc7ccccc7c6c6ccccc56)cc4c3)cc21. The third-order valence-corrected chi connectivity index (χ3v) is 10.7. The van der Waals surface area contributed by atoms with Crippen molar-refractivity contribution >= 4 is 43.1 Å². The topological polar surface area (TPSA) is 0 Å². The molecular formula is C45H34. The van der Waals surface area contributed by atoms with Crippen molar-refractivity contribution in [3.8, 4) is 33.4 Å². The fraction of sp³-hybridized carbons (Fsp3) is 0.111. The van der Waals surface area contributed by atoms with E-state index < -0.39 is 0 Å². The summed E-state index contributed by atoms with van der Waals surface area (Å²) in [5.41, 5.74) is 11.0. The summed E-state index contributed by atoms with van der Waals surface area (Å²) in [5, 5.41) is 10.4. The van der Waals surface area contributed by atoms with E-state index in [9.17, 15) is 0 Å². The Labute approximate surface area is 264 Å². The molecule has 1 aliphatic carbocycles. The molecule has 45 heavy (non-hydrogen) atoms. The molecule has 0 atom stereocenters. The number of hydrogen-bond donors (Lipinski definition) is 0. The summed E-state index contributed by atoms with van der Waals surface area (Å²) in [7, 11) is 0. The second kappa shape index (κ2) is 9.91. The van der Waals surface area contributed by atoms with E-state index in [1.807, 2.05) is 0 Å². The highest BCUT2D eigenvalue weighted by Gasteiger charge is 2.40. The molecule has 0 radical (unpaired) electrons. The van der Waals surface area contributed by atoms with Gasteiger partial charge in [0, 0.05) is 5.41 Å². The van der Waals surface area contributed by atoms with Gasteiger partial charge in [-0.25, -0.2) is 0 Å².